The molecule has 2 rings (SSSR count). The molecule has 0 saturated heterocycles. The molecule has 0 fully saturated rings. The van der Waals surface area contributed by atoms with Gasteiger partial charge in [-0.05, 0) is 24.3 Å². The van der Waals surface area contributed by atoms with Gasteiger partial charge in [0.15, 0.2) is 0 Å². The van der Waals surface area contributed by atoms with E-state index in [0.717, 1.165) is 4.88 Å². The number of benzene rings is 1. The van der Waals surface area contributed by atoms with Gasteiger partial charge in [-0.15, -0.1) is 11.3 Å². The minimum atomic E-state index is -0.992. The third-order valence-electron chi connectivity index (χ3n) is 2.62. The highest BCUT2D eigenvalue weighted by atomic mass is 35.5. The lowest BCUT2D eigenvalue weighted by molar-refractivity contribution is 0.0697. The second-order valence-corrected chi connectivity index (χ2v) is 6.21. The predicted molar refractivity (Wildman–Crippen MR) is 79.8 cm³/mol. The largest absolute Gasteiger partial charge is 0.478 e. The van der Waals surface area contributed by atoms with Crippen LogP contribution in [-0.2, 0) is 6.54 Å². The van der Waals surface area contributed by atoms with E-state index in [0.29, 0.717) is 21.6 Å². The molecule has 0 aliphatic rings. The Morgan fingerprint density at radius 2 is 2.05 bits per heavy atom. The van der Waals surface area contributed by atoms with E-state index < -0.39 is 5.97 Å². The molecule has 0 spiro atoms. The molecule has 0 radical (unpaired) electrons. The Morgan fingerprint density at radius 3 is 2.63 bits per heavy atom. The van der Waals surface area contributed by atoms with Crippen LogP contribution < -0.4 is 4.90 Å². The first-order valence-electron chi connectivity index (χ1n) is 5.46. The molecule has 0 unspecified atom stereocenters. The van der Waals surface area contributed by atoms with Crippen LogP contribution in [0.3, 0.4) is 0 Å². The maximum absolute atomic E-state index is 11.2. The summed E-state index contributed by atoms with van der Waals surface area (Å²) in [5, 5.41) is 9.63. The van der Waals surface area contributed by atoms with E-state index in [4.69, 9.17) is 23.2 Å². The van der Waals surface area contributed by atoms with Gasteiger partial charge < -0.3 is 10.0 Å². The van der Waals surface area contributed by atoms with E-state index in [1.165, 1.54) is 11.3 Å². The fourth-order valence-electron chi connectivity index (χ4n) is 1.83. The Kier molecular flexibility index (Phi) is 4.34. The molecule has 19 heavy (non-hydrogen) atoms. The Bertz CT molecular complexity index is 612. The highest BCUT2D eigenvalue weighted by Gasteiger charge is 2.17. The van der Waals surface area contributed by atoms with Crippen molar-refractivity contribution in [3.05, 3.63) is 50.1 Å². The van der Waals surface area contributed by atoms with Crippen LogP contribution in [0.5, 0.6) is 0 Å². The Morgan fingerprint density at radius 1 is 1.32 bits per heavy atom. The molecule has 0 bridgehead atoms. The molecular weight excluding hydrogens is 305 g/mol. The number of thiophene rings is 1. The number of anilines is 1. The number of halogens is 2. The summed E-state index contributed by atoms with van der Waals surface area (Å²) >= 11 is 13.5. The standard InChI is InChI=1S/C13H11Cl2NO2S/c1-16(7-8-5-6-11(15)19-8)12-9(13(17)18)3-2-4-10(12)14/h2-6H,7H2,1H3,(H,17,18). The van der Waals surface area contributed by atoms with Gasteiger partial charge in [-0.1, -0.05) is 29.3 Å². The average molecular weight is 316 g/mol. The highest BCUT2D eigenvalue weighted by Crippen LogP contribution is 2.31. The summed E-state index contributed by atoms with van der Waals surface area (Å²) in [6.45, 7) is 0.557. The second kappa shape index (κ2) is 5.82. The van der Waals surface area contributed by atoms with Crippen molar-refractivity contribution in [3.63, 3.8) is 0 Å². The van der Waals surface area contributed by atoms with Gasteiger partial charge in [0.25, 0.3) is 0 Å². The summed E-state index contributed by atoms with van der Waals surface area (Å²) in [7, 11) is 1.81. The van der Waals surface area contributed by atoms with E-state index in [9.17, 15) is 9.90 Å². The molecule has 0 amide bonds. The van der Waals surface area contributed by atoms with Crippen molar-refractivity contribution in [2.75, 3.05) is 11.9 Å². The van der Waals surface area contributed by atoms with Gasteiger partial charge in [0.2, 0.25) is 0 Å². The lowest BCUT2D eigenvalue weighted by atomic mass is 10.1. The molecule has 1 aromatic heterocycles. The van der Waals surface area contributed by atoms with Crippen molar-refractivity contribution in [1.82, 2.24) is 0 Å². The van der Waals surface area contributed by atoms with Gasteiger partial charge in [0.1, 0.15) is 0 Å². The lowest BCUT2D eigenvalue weighted by Crippen LogP contribution is -2.19. The van der Waals surface area contributed by atoms with E-state index in [-0.39, 0.29) is 5.56 Å². The second-order valence-electron chi connectivity index (χ2n) is 4.00. The number of carbonyl (C=O) groups is 1. The first-order valence-corrected chi connectivity index (χ1v) is 7.03. The van der Waals surface area contributed by atoms with Crippen LogP contribution in [0.25, 0.3) is 0 Å². The Balaban J connectivity index is 2.32. The van der Waals surface area contributed by atoms with Crippen molar-refractivity contribution in [3.8, 4) is 0 Å². The predicted octanol–water partition coefficient (Wildman–Crippen LogP) is 4.39. The molecule has 0 aliphatic carbocycles. The van der Waals surface area contributed by atoms with Crippen LogP contribution in [0, 0.1) is 0 Å². The molecule has 1 heterocycles. The van der Waals surface area contributed by atoms with Gasteiger partial charge in [-0.25, -0.2) is 4.79 Å². The Labute approximate surface area is 125 Å². The van der Waals surface area contributed by atoms with Crippen molar-refractivity contribution in [2.45, 2.75) is 6.54 Å². The molecular formula is C13H11Cl2NO2S. The number of para-hydroxylation sites is 1. The lowest BCUT2D eigenvalue weighted by Gasteiger charge is -2.21. The summed E-state index contributed by atoms with van der Waals surface area (Å²) < 4.78 is 0.709. The number of rotatable bonds is 4. The van der Waals surface area contributed by atoms with Crippen molar-refractivity contribution < 1.29 is 9.90 Å². The molecule has 100 valence electrons. The number of aromatic carboxylic acids is 1. The quantitative estimate of drug-likeness (QED) is 0.909. The third kappa shape index (κ3) is 3.21. The van der Waals surface area contributed by atoms with E-state index in [1.807, 2.05) is 17.0 Å². The maximum Gasteiger partial charge on any atom is 0.337 e. The number of carboxylic acid groups (broad SMARTS) is 1. The monoisotopic (exact) mass is 315 g/mol. The van der Waals surface area contributed by atoms with Crippen LogP contribution in [-0.4, -0.2) is 18.1 Å². The number of hydrogen-bond acceptors (Lipinski definition) is 3. The van der Waals surface area contributed by atoms with Crippen molar-refractivity contribution in [1.29, 1.82) is 0 Å². The van der Waals surface area contributed by atoms with Crippen molar-refractivity contribution >= 4 is 46.2 Å². The van der Waals surface area contributed by atoms with Gasteiger partial charge in [0.05, 0.1) is 27.2 Å². The zero-order valence-electron chi connectivity index (χ0n) is 10.1. The van der Waals surface area contributed by atoms with Crippen LogP contribution >= 0.6 is 34.5 Å². The fourth-order valence-corrected chi connectivity index (χ4v) is 3.29. The zero-order valence-corrected chi connectivity index (χ0v) is 12.4. The zero-order chi connectivity index (χ0) is 14.0. The molecule has 1 N–H and O–H groups in total. The summed E-state index contributed by atoms with van der Waals surface area (Å²) in [5.74, 6) is -0.992. The first kappa shape index (κ1) is 14.2. The number of hydrogen-bond donors (Lipinski definition) is 1. The highest BCUT2D eigenvalue weighted by molar-refractivity contribution is 7.16. The normalized spacial score (nSPS) is 10.5. The summed E-state index contributed by atoms with van der Waals surface area (Å²) in [6, 6.07) is 8.59. The molecule has 6 heteroatoms. The van der Waals surface area contributed by atoms with Crippen LogP contribution in [0.15, 0.2) is 30.3 Å². The van der Waals surface area contributed by atoms with Crippen molar-refractivity contribution in [2.24, 2.45) is 0 Å². The molecule has 0 saturated carbocycles. The average Bonchev–Trinajstić information content (AvgIpc) is 2.74. The Hall–Kier alpha value is -1.23. The number of nitrogens with zero attached hydrogens (tertiary/aromatic N) is 1. The van der Waals surface area contributed by atoms with Crippen LogP contribution in [0.1, 0.15) is 15.2 Å². The van der Waals surface area contributed by atoms with Crippen LogP contribution in [0.2, 0.25) is 9.36 Å². The minimum Gasteiger partial charge on any atom is -0.478 e. The smallest absolute Gasteiger partial charge is 0.337 e. The topological polar surface area (TPSA) is 40.5 Å². The molecule has 0 atom stereocenters. The van der Waals surface area contributed by atoms with Gasteiger partial charge >= 0.3 is 5.97 Å². The third-order valence-corrected chi connectivity index (χ3v) is 4.14. The van der Waals surface area contributed by atoms with Crippen LogP contribution in [0.4, 0.5) is 5.69 Å². The van der Waals surface area contributed by atoms with E-state index >= 15 is 0 Å². The SMILES string of the molecule is CN(Cc1ccc(Cl)s1)c1c(Cl)cccc1C(=O)O. The first-order chi connectivity index (χ1) is 8.99. The molecule has 3 nitrogen and oxygen atoms in total. The fraction of sp³-hybridized carbons (Fsp3) is 0.154. The summed E-state index contributed by atoms with van der Waals surface area (Å²) in [6.07, 6.45) is 0. The summed E-state index contributed by atoms with van der Waals surface area (Å²) in [5.41, 5.74) is 0.707. The van der Waals surface area contributed by atoms with Gasteiger partial charge in [-0.3, -0.25) is 0 Å². The van der Waals surface area contributed by atoms with Gasteiger partial charge in [-0.2, -0.15) is 0 Å². The minimum absolute atomic E-state index is 0.192. The van der Waals surface area contributed by atoms with Gasteiger partial charge in [0, 0.05) is 11.9 Å². The maximum atomic E-state index is 11.2. The van der Waals surface area contributed by atoms with E-state index in [1.54, 1.807) is 25.2 Å². The number of carboxylic acids is 1. The molecule has 1 aromatic carbocycles. The van der Waals surface area contributed by atoms with E-state index in [2.05, 4.69) is 0 Å². The summed E-state index contributed by atoms with van der Waals surface area (Å²) in [4.78, 5) is 14.1. The molecule has 2 aromatic rings. The molecule has 0 aliphatic heterocycles.